The molecule has 2 nitrogen and oxygen atoms in total. The molecule has 0 radical (unpaired) electrons. The normalized spacial score (nSPS) is 21.3. The van der Waals surface area contributed by atoms with Crippen LogP contribution in [0.3, 0.4) is 0 Å². The van der Waals surface area contributed by atoms with Crippen LogP contribution >= 0.6 is 11.6 Å². The fraction of sp³-hybridized carbons (Fsp3) is 0.250. The van der Waals surface area contributed by atoms with E-state index in [-0.39, 0.29) is 0 Å². The Bertz CT molecular complexity index is 570. The molecule has 0 heterocycles. The molecule has 2 aromatic carbocycles. The minimum Gasteiger partial charge on any atom is -0.508 e. The third kappa shape index (κ3) is 2.91. The lowest BCUT2D eigenvalue weighted by Gasteiger charge is -2.07. The molecule has 2 aromatic rings. The first-order chi connectivity index (χ1) is 9.24. The summed E-state index contributed by atoms with van der Waals surface area (Å²) in [4.78, 5) is 0. The van der Waals surface area contributed by atoms with Crippen molar-refractivity contribution in [3.05, 3.63) is 64.7 Å². The van der Waals surface area contributed by atoms with E-state index in [1.807, 2.05) is 12.1 Å². The van der Waals surface area contributed by atoms with Crippen LogP contribution in [0, 0.1) is 0 Å². The smallest absolute Gasteiger partial charge is 0.120 e. The highest BCUT2D eigenvalue weighted by Crippen LogP contribution is 2.40. The zero-order chi connectivity index (χ0) is 13.2. The third-order valence-corrected chi connectivity index (χ3v) is 3.85. The number of rotatable bonds is 4. The van der Waals surface area contributed by atoms with Gasteiger partial charge in [0, 0.05) is 29.1 Å². The van der Waals surface area contributed by atoms with E-state index in [1.54, 1.807) is 12.1 Å². The van der Waals surface area contributed by atoms with Gasteiger partial charge >= 0.3 is 0 Å². The minimum absolute atomic E-state index is 0.300. The van der Waals surface area contributed by atoms with E-state index in [9.17, 15) is 5.11 Å². The summed E-state index contributed by atoms with van der Waals surface area (Å²) in [5.41, 5.74) is 2.24. The second-order valence-corrected chi connectivity index (χ2v) is 5.45. The van der Waals surface area contributed by atoms with Crippen molar-refractivity contribution in [1.29, 1.82) is 0 Å². The number of benzene rings is 2. The van der Waals surface area contributed by atoms with Gasteiger partial charge in [-0.25, -0.2) is 0 Å². The van der Waals surface area contributed by atoms with E-state index in [4.69, 9.17) is 11.6 Å². The summed E-state index contributed by atoms with van der Waals surface area (Å²) in [6.45, 7) is 0.653. The lowest BCUT2D eigenvalue weighted by molar-refractivity contribution is 0.464. The van der Waals surface area contributed by atoms with Gasteiger partial charge in [-0.1, -0.05) is 41.9 Å². The SMILES string of the molecule is Oc1ccc(Cl)cc1CNC1CC1c1ccccc1. The fourth-order valence-electron chi connectivity index (χ4n) is 2.43. The lowest BCUT2D eigenvalue weighted by atomic mass is 10.1. The Morgan fingerprint density at radius 3 is 2.74 bits per heavy atom. The van der Waals surface area contributed by atoms with E-state index in [1.165, 1.54) is 5.56 Å². The first-order valence-corrected chi connectivity index (χ1v) is 6.87. The molecule has 0 amide bonds. The van der Waals surface area contributed by atoms with Crippen LogP contribution in [0.15, 0.2) is 48.5 Å². The predicted molar refractivity (Wildman–Crippen MR) is 77.5 cm³/mol. The van der Waals surface area contributed by atoms with Crippen LogP contribution in [-0.4, -0.2) is 11.1 Å². The molecule has 19 heavy (non-hydrogen) atoms. The van der Waals surface area contributed by atoms with E-state index in [2.05, 4.69) is 29.6 Å². The molecule has 2 N–H and O–H groups in total. The van der Waals surface area contributed by atoms with Gasteiger partial charge in [0.15, 0.2) is 0 Å². The molecule has 0 bridgehead atoms. The second kappa shape index (κ2) is 5.24. The second-order valence-electron chi connectivity index (χ2n) is 5.01. The van der Waals surface area contributed by atoms with Gasteiger partial charge in [-0.2, -0.15) is 0 Å². The Hall–Kier alpha value is -1.51. The summed E-state index contributed by atoms with van der Waals surface area (Å²) in [7, 11) is 0. The van der Waals surface area contributed by atoms with Crippen LogP contribution in [0.5, 0.6) is 5.75 Å². The molecular weight excluding hydrogens is 258 g/mol. The van der Waals surface area contributed by atoms with Gasteiger partial charge in [0.1, 0.15) is 5.75 Å². The third-order valence-electron chi connectivity index (χ3n) is 3.61. The highest BCUT2D eigenvalue weighted by atomic mass is 35.5. The van der Waals surface area contributed by atoms with Crippen molar-refractivity contribution in [2.45, 2.75) is 24.9 Å². The van der Waals surface area contributed by atoms with Crippen molar-refractivity contribution in [3.63, 3.8) is 0 Å². The molecule has 2 atom stereocenters. The highest BCUT2D eigenvalue weighted by Gasteiger charge is 2.37. The molecule has 1 saturated carbocycles. The molecule has 98 valence electrons. The van der Waals surface area contributed by atoms with E-state index >= 15 is 0 Å². The van der Waals surface area contributed by atoms with Crippen molar-refractivity contribution in [3.8, 4) is 5.75 Å². The summed E-state index contributed by atoms with van der Waals surface area (Å²) in [5, 5.41) is 13.9. The Kier molecular flexibility index (Phi) is 3.45. The number of phenols is 1. The number of phenolic OH excluding ortho intramolecular Hbond substituents is 1. The largest absolute Gasteiger partial charge is 0.508 e. The molecule has 0 aliphatic heterocycles. The average Bonchev–Trinajstić information content (AvgIpc) is 3.20. The highest BCUT2D eigenvalue weighted by molar-refractivity contribution is 6.30. The van der Waals surface area contributed by atoms with E-state index < -0.39 is 0 Å². The molecule has 1 aliphatic rings. The topological polar surface area (TPSA) is 32.3 Å². The number of nitrogens with one attached hydrogen (secondary N) is 1. The van der Waals surface area contributed by atoms with Crippen molar-refractivity contribution in [1.82, 2.24) is 5.32 Å². The fourth-order valence-corrected chi connectivity index (χ4v) is 2.62. The standard InChI is InChI=1S/C16H16ClNO/c17-13-6-7-16(19)12(8-13)10-18-15-9-14(15)11-4-2-1-3-5-11/h1-8,14-15,18-19H,9-10H2. The van der Waals surface area contributed by atoms with Crippen LogP contribution in [0.2, 0.25) is 5.02 Å². The molecule has 3 rings (SSSR count). The molecule has 2 unspecified atom stereocenters. The number of hydrogen-bond donors (Lipinski definition) is 2. The Morgan fingerprint density at radius 1 is 1.16 bits per heavy atom. The molecule has 3 heteroatoms. The molecular formula is C16H16ClNO. The molecule has 0 spiro atoms. The van der Waals surface area contributed by atoms with Gasteiger partial charge in [0.25, 0.3) is 0 Å². The maximum Gasteiger partial charge on any atom is 0.120 e. The van der Waals surface area contributed by atoms with Crippen molar-refractivity contribution < 1.29 is 5.11 Å². The first kappa shape index (κ1) is 12.5. The first-order valence-electron chi connectivity index (χ1n) is 6.50. The maximum atomic E-state index is 9.75. The lowest BCUT2D eigenvalue weighted by Crippen LogP contribution is -2.17. The Morgan fingerprint density at radius 2 is 1.95 bits per heavy atom. The summed E-state index contributed by atoms with van der Waals surface area (Å²) < 4.78 is 0. The van der Waals surface area contributed by atoms with Crippen molar-refractivity contribution in [2.24, 2.45) is 0 Å². The zero-order valence-corrected chi connectivity index (χ0v) is 11.3. The van der Waals surface area contributed by atoms with Crippen molar-refractivity contribution in [2.75, 3.05) is 0 Å². The van der Waals surface area contributed by atoms with Crippen LogP contribution < -0.4 is 5.32 Å². The quantitative estimate of drug-likeness (QED) is 0.890. The van der Waals surface area contributed by atoms with Gasteiger partial charge in [-0.05, 0) is 30.2 Å². The van der Waals surface area contributed by atoms with Gasteiger partial charge in [0.05, 0.1) is 0 Å². The van der Waals surface area contributed by atoms with Gasteiger partial charge in [0.2, 0.25) is 0 Å². The maximum absolute atomic E-state index is 9.75. The number of halogens is 1. The van der Waals surface area contributed by atoms with Gasteiger partial charge in [-0.3, -0.25) is 0 Å². The molecule has 1 fully saturated rings. The molecule has 1 aliphatic carbocycles. The predicted octanol–water partition coefficient (Wildman–Crippen LogP) is 3.69. The molecule has 0 saturated heterocycles. The average molecular weight is 274 g/mol. The van der Waals surface area contributed by atoms with E-state index in [0.29, 0.717) is 29.3 Å². The van der Waals surface area contributed by atoms with Crippen LogP contribution in [0.25, 0.3) is 0 Å². The summed E-state index contributed by atoms with van der Waals surface area (Å²) in [5.74, 6) is 0.899. The zero-order valence-electron chi connectivity index (χ0n) is 10.5. The molecule has 0 aromatic heterocycles. The van der Waals surface area contributed by atoms with Crippen molar-refractivity contribution >= 4 is 11.6 Å². The van der Waals surface area contributed by atoms with E-state index in [0.717, 1.165) is 12.0 Å². The van der Waals surface area contributed by atoms with Gasteiger partial charge in [-0.15, -0.1) is 0 Å². The summed E-state index contributed by atoms with van der Waals surface area (Å²) >= 11 is 5.93. The monoisotopic (exact) mass is 273 g/mol. The summed E-state index contributed by atoms with van der Waals surface area (Å²) in [6.07, 6.45) is 1.16. The number of aromatic hydroxyl groups is 1. The Balaban J connectivity index is 1.59. The number of hydrogen-bond acceptors (Lipinski definition) is 2. The Labute approximate surface area is 118 Å². The summed E-state index contributed by atoms with van der Waals surface area (Å²) in [6, 6.07) is 16.2. The van der Waals surface area contributed by atoms with Gasteiger partial charge < -0.3 is 10.4 Å². The van der Waals surface area contributed by atoms with Crippen LogP contribution in [-0.2, 0) is 6.54 Å². The van der Waals surface area contributed by atoms with Crippen LogP contribution in [0.1, 0.15) is 23.5 Å². The van der Waals surface area contributed by atoms with Crippen LogP contribution in [0.4, 0.5) is 0 Å². The minimum atomic E-state index is 0.300.